The fraction of sp³-hybridized carbons (Fsp3) is 0.267. The molecule has 0 saturated heterocycles. The largest absolute Gasteiger partial charge is 0.465 e. The number of methoxy groups -OCH3 is 1. The van der Waals surface area contributed by atoms with Gasteiger partial charge in [-0.15, -0.1) is 0 Å². The zero-order valence-corrected chi connectivity index (χ0v) is 11.5. The van der Waals surface area contributed by atoms with E-state index >= 15 is 0 Å². The van der Waals surface area contributed by atoms with Gasteiger partial charge in [0.15, 0.2) is 0 Å². The van der Waals surface area contributed by atoms with Gasteiger partial charge in [-0.1, -0.05) is 0 Å². The van der Waals surface area contributed by atoms with E-state index in [1.54, 1.807) is 0 Å². The summed E-state index contributed by atoms with van der Waals surface area (Å²) in [5.74, 6) is -0.311. The first-order valence-corrected chi connectivity index (χ1v) is 6.10. The highest BCUT2D eigenvalue weighted by molar-refractivity contribution is 5.90. The lowest BCUT2D eigenvalue weighted by Crippen LogP contribution is -2.12. The van der Waals surface area contributed by atoms with Crippen LogP contribution in [0.5, 0.6) is 0 Å². The van der Waals surface area contributed by atoms with Crippen LogP contribution in [0.25, 0.3) is 5.69 Å². The molecule has 2 aromatic rings. The van der Waals surface area contributed by atoms with Crippen LogP contribution in [-0.4, -0.2) is 36.6 Å². The zero-order chi connectivity index (χ0) is 13.8. The second-order valence-electron chi connectivity index (χ2n) is 4.71. The molecule has 0 aliphatic heterocycles. The minimum Gasteiger partial charge on any atom is -0.465 e. The van der Waals surface area contributed by atoms with Crippen molar-refractivity contribution in [3.05, 3.63) is 53.9 Å². The first kappa shape index (κ1) is 13.4. The number of aromatic nitrogens is 1. The van der Waals surface area contributed by atoms with Gasteiger partial charge in [0.25, 0.3) is 0 Å². The molecule has 0 aliphatic rings. The molecule has 1 aromatic heterocycles. The molecule has 2 rings (SSSR count). The Morgan fingerprint density at radius 2 is 1.89 bits per heavy atom. The lowest BCUT2D eigenvalue weighted by atomic mass is 10.1. The molecular weight excluding hydrogens is 240 g/mol. The third-order valence-corrected chi connectivity index (χ3v) is 2.80. The SMILES string of the molecule is COC(=O)c1cc(CN(C)C)cc(-n2cccc2)c1. The van der Waals surface area contributed by atoms with Gasteiger partial charge < -0.3 is 14.2 Å². The van der Waals surface area contributed by atoms with Crippen molar-refractivity contribution in [3.63, 3.8) is 0 Å². The molecule has 19 heavy (non-hydrogen) atoms. The highest BCUT2D eigenvalue weighted by Gasteiger charge is 2.10. The van der Waals surface area contributed by atoms with E-state index in [4.69, 9.17) is 4.74 Å². The van der Waals surface area contributed by atoms with Crippen molar-refractivity contribution in [1.82, 2.24) is 9.47 Å². The van der Waals surface area contributed by atoms with Crippen LogP contribution in [0.4, 0.5) is 0 Å². The Hall–Kier alpha value is -2.07. The molecule has 0 saturated carbocycles. The molecule has 0 fully saturated rings. The van der Waals surface area contributed by atoms with Gasteiger partial charge >= 0.3 is 5.97 Å². The summed E-state index contributed by atoms with van der Waals surface area (Å²) in [5.41, 5.74) is 2.62. The molecule has 0 N–H and O–H groups in total. The predicted octanol–water partition coefficient (Wildman–Crippen LogP) is 2.33. The molecule has 0 aliphatic carbocycles. The second kappa shape index (κ2) is 5.71. The van der Waals surface area contributed by atoms with E-state index in [2.05, 4.69) is 11.0 Å². The highest BCUT2D eigenvalue weighted by Crippen LogP contribution is 2.16. The molecule has 0 unspecified atom stereocenters. The van der Waals surface area contributed by atoms with E-state index < -0.39 is 0 Å². The van der Waals surface area contributed by atoms with Gasteiger partial charge in [-0.3, -0.25) is 0 Å². The summed E-state index contributed by atoms with van der Waals surface area (Å²) in [6.07, 6.45) is 3.91. The number of ether oxygens (including phenoxy) is 1. The Morgan fingerprint density at radius 1 is 1.21 bits per heavy atom. The summed E-state index contributed by atoms with van der Waals surface area (Å²) in [5, 5.41) is 0. The van der Waals surface area contributed by atoms with Crippen LogP contribution in [-0.2, 0) is 11.3 Å². The molecule has 0 bridgehead atoms. The van der Waals surface area contributed by atoms with Crippen LogP contribution in [0.2, 0.25) is 0 Å². The van der Waals surface area contributed by atoms with Gasteiger partial charge in [0.2, 0.25) is 0 Å². The van der Waals surface area contributed by atoms with Gasteiger partial charge in [0.05, 0.1) is 12.7 Å². The number of esters is 1. The van der Waals surface area contributed by atoms with Gasteiger partial charge in [-0.2, -0.15) is 0 Å². The van der Waals surface area contributed by atoms with E-state index in [9.17, 15) is 4.79 Å². The highest BCUT2D eigenvalue weighted by atomic mass is 16.5. The molecule has 1 aromatic carbocycles. The summed E-state index contributed by atoms with van der Waals surface area (Å²) in [7, 11) is 5.40. The van der Waals surface area contributed by atoms with Crippen LogP contribution >= 0.6 is 0 Å². The number of nitrogens with zero attached hydrogens (tertiary/aromatic N) is 2. The van der Waals surface area contributed by atoms with Crippen molar-refractivity contribution in [2.75, 3.05) is 21.2 Å². The van der Waals surface area contributed by atoms with Crippen molar-refractivity contribution >= 4 is 5.97 Å². The normalized spacial score (nSPS) is 10.7. The number of hydrogen-bond acceptors (Lipinski definition) is 3. The topological polar surface area (TPSA) is 34.5 Å². The van der Waals surface area contributed by atoms with Gasteiger partial charge in [0.1, 0.15) is 0 Å². The standard InChI is InChI=1S/C15H18N2O2/c1-16(2)11-12-8-13(15(18)19-3)10-14(9-12)17-6-4-5-7-17/h4-10H,11H2,1-3H3. The lowest BCUT2D eigenvalue weighted by Gasteiger charge is -2.13. The maximum absolute atomic E-state index is 11.7. The van der Waals surface area contributed by atoms with Crippen LogP contribution in [0.1, 0.15) is 15.9 Å². The smallest absolute Gasteiger partial charge is 0.337 e. The molecular formula is C15H18N2O2. The van der Waals surface area contributed by atoms with E-state index in [1.807, 2.05) is 55.3 Å². The Labute approximate surface area is 113 Å². The van der Waals surface area contributed by atoms with Gasteiger partial charge in [0, 0.05) is 24.6 Å². The molecule has 4 nitrogen and oxygen atoms in total. The average molecular weight is 258 g/mol. The summed E-state index contributed by atoms with van der Waals surface area (Å²) in [6, 6.07) is 9.70. The van der Waals surface area contributed by atoms with Crippen LogP contribution in [0, 0.1) is 0 Å². The van der Waals surface area contributed by atoms with E-state index in [0.717, 1.165) is 17.8 Å². The lowest BCUT2D eigenvalue weighted by molar-refractivity contribution is 0.0600. The fourth-order valence-corrected chi connectivity index (χ4v) is 2.02. The maximum Gasteiger partial charge on any atom is 0.337 e. The average Bonchev–Trinajstić information content (AvgIpc) is 2.90. The molecule has 0 amide bonds. The molecule has 0 radical (unpaired) electrons. The quantitative estimate of drug-likeness (QED) is 0.789. The van der Waals surface area contributed by atoms with Gasteiger partial charge in [-0.25, -0.2) is 4.79 Å². The van der Waals surface area contributed by atoms with E-state index in [0.29, 0.717) is 5.56 Å². The van der Waals surface area contributed by atoms with Crippen molar-refractivity contribution in [1.29, 1.82) is 0 Å². The third kappa shape index (κ3) is 3.23. The zero-order valence-electron chi connectivity index (χ0n) is 11.5. The monoisotopic (exact) mass is 258 g/mol. The van der Waals surface area contributed by atoms with Crippen molar-refractivity contribution in [2.45, 2.75) is 6.54 Å². The third-order valence-electron chi connectivity index (χ3n) is 2.80. The Kier molecular flexibility index (Phi) is 4.02. The molecule has 0 atom stereocenters. The number of carbonyl (C=O) groups excluding carboxylic acids is 1. The predicted molar refractivity (Wildman–Crippen MR) is 74.5 cm³/mol. The van der Waals surface area contributed by atoms with Crippen LogP contribution in [0.3, 0.4) is 0 Å². The minimum atomic E-state index is -0.311. The summed E-state index contributed by atoms with van der Waals surface area (Å²) >= 11 is 0. The molecule has 0 spiro atoms. The molecule has 1 heterocycles. The van der Waals surface area contributed by atoms with Crippen molar-refractivity contribution in [2.24, 2.45) is 0 Å². The summed E-state index contributed by atoms with van der Waals surface area (Å²) < 4.78 is 6.78. The van der Waals surface area contributed by atoms with Crippen LogP contribution < -0.4 is 0 Å². The van der Waals surface area contributed by atoms with Crippen molar-refractivity contribution in [3.8, 4) is 5.69 Å². The maximum atomic E-state index is 11.7. The first-order chi connectivity index (χ1) is 9.10. The van der Waals surface area contributed by atoms with Crippen LogP contribution in [0.15, 0.2) is 42.7 Å². The summed E-state index contributed by atoms with van der Waals surface area (Å²) in [4.78, 5) is 13.8. The van der Waals surface area contributed by atoms with E-state index in [1.165, 1.54) is 7.11 Å². The number of rotatable bonds is 4. The molecule has 4 heteroatoms. The fourth-order valence-electron chi connectivity index (χ4n) is 2.02. The number of carbonyl (C=O) groups is 1. The number of benzene rings is 1. The Bertz CT molecular complexity index is 560. The summed E-state index contributed by atoms with van der Waals surface area (Å²) in [6.45, 7) is 0.777. The first-order valence-electron chi connectivity index (χ1n) is 6.10. The molecule has 100 valence electrons. The van der Waals surface area contributed by atoms with Gasteiger partial charge in [-0.05, 0) is 50.0 Å². The van der Waals surface area contributed by atoms with E-state index in [-0.39, 0.29) is 5.97 Å². The number of hydrogen-bond donors (Lipinski definition) is 0. The van der Waals surface area contributed by atoms with Crippen molar-refractivity contribution < 1.29 is 9.53 Å². The minimum absolute atomic E-state index is 0.311. The Morgan fingerprint density at radius 3 is 2.47 bits per heavy atom. The second-order valence-corrected chi connectivity index (χ2v) is 4.71. The Balaban J connectivity index is 2.45.